The van der Waals surface area contributed by atoms with Gasteiger partial charge in [-0.3, -0.25) is 0 Å². The average molecular weight is 418 g/mol. The predicted molar refractivity (Wildman–Crippen MR) is 49.1 cm³/mol. The van der Waals surface area contributed by atoms with E-state index in [1.54, 1.807) is 0 Å². The molecule has 0 saturated carbocycles. The van der Waals surface area contributed by atoms with Gasteiger partial charge in [0.05, 0.1) is 6.48 Å². The molecule has 6 nitrogen and oxygen atoms in total. The molecule has 0 aromatic heterocycles. The van der Waals surface area contributed by atoms with Crippen molar-refractivity contribution in [3.8, 4) is 0 Å². The fraction of sp³-hybridized carbons (Fsp3) is 0.750. The summed E-state index contributed by atoms with van der Waals surface area (Å²) in [5, 5.41) is 0. The molecule has 0 aliphatic heterocycles. The van der Waals surface area contributed by atoms with E-state index in [0.717, 1.165) is 0 Å². The molecule has 0 aliphatic carbocycles. The van der Waals surface area contributed by atoms with E-state index in [1.807, 2.05) is 0 Å². The molecule has 3 unspecified atom stereocenters. The molecular weight excluding hydrogens is 418 g/mol. The summed E-state index contributed by atoms with van der Waals surface area (Å²) in [6, 6.07) is 0. The smallest absolute Gasteiger partial charge is 0.399 e. The van der Waals surface area contributed by atoms with Gasteiger partial charge in [-0.25, -0.2) is 12.6 Å². The Morgan fingerprint density at radius 1 is 0.565 bits per heavy atom. The molecule has 0 aliphatic rings. The van der Waals surface area contributed by atoms with E-state index in [0.29, 0.717) is 0 Å². The van der Waals surface area contributed by atoms with Crippen molar-refractivity contribution < 1.29 is 83.6 Å². The molecule has 0 radical (unpaired) electrons. The van der Waals surface area contributed by atoms with Gasteiger partial charge >= 0.3 is 35.4 Å². The minimum atomic E-state index is -5.77. The largest absolute Gasteiger partial charge is 1.00 e. The van der Waals surface area contributed by atoms with Crippen LogP contribution < -0.4 is 18.9 Å². The Morgan fingerprint density at radius 3 is 0.870 bits per heavy atom. The van der Waals surface area contributed by atoms with Gasteiger partial charge in [0, 0.05) is 0 Å². The topological polar surface area (TPSA) is 78.9 Å². The first-order valence-corrected chi connectivity index (χ1v) is 7.15. The molecular formula is C4F9LiO6S3. The summed E-state index contributed by atoms with van der Waals surface area (Å²) < 4.78 is 146. The maximum atomic E-state index is 11.8. The summed E-state index contributed by atoms with van der Waals surface area (Å²) in [5.74, 6) is 0. The molecule has 0 aromatic rings. The van der Waals surface area contributed by atoms with Crippen molar-refractivity contribution >= 4 is 33.2 Å². The minimum absolute atomic E-state index is 0. The third kappa shape index (κ3) is 10.0. The Kier molecular flexibility index (Phi) is 10.1. The number of hydrogen-bond donors (Lipinski definition) is 0. The summed E-state index contributed by atoms with van der Waals surface area (Å²) in [5.41, 5.74) is -17.3. The second-order valence-corrected chi connectivity index (χ2v) is 5.84. The fourth-order valence-corrected chi connectivity index (χ4v) is 1.36. The van der Waals surface area contributed by atoms with Gasteiger partial charge in [0.15, 0.2) is 0 Å². The van der Waals surface area contributed by atoms with Crippen molar-refractivity contribution in [3.63, 3.8) is 0 Å². The quantitative estimate of drug-likeness (QED) is 0.314. The third-order valence-electron chi connectivity index (χ3n) is 0.998. The van der Waals surface area contributed by atoms with Crippen LogP contribution in [0.1, 0.15) is 0 Å². The molecule has 0 fully saturated rings. The van der Waals surface area contributed by atoms with E-state index < -0.39 is 56.2 Å². The molecule has 0 heterocycles. The predicted octanol–water partition coefficient (Wildman–Crippen LogP) is -0.962. The Bertz CT molecular complexity index is 393. The average Bonchev–Trinajstić information content (AvgIpc) is 2.24. The molecule has 134 valence electrons. The van der Waals surface area contributed by atoms with E-state index in [9.17, 15) is 52.1 Å². The Labute approximate surface area is 140 Å². The maximum absolute atomic E-state index is 11.8. The second-order valence-electron chi connectivity index (χ2n) is 2.54. The van der Waals surface area contributed by atoms with Crippen LogP contribution in [-0.4, -0.2) is 29.2 Å². The SMILES string of the molecule is O=S(O[C-](OS(=O)C(F)(F)F)OS(=O)C(F)(F)F)C(F)(F)F.[Li+]. The van der Waals surface area contributed by atoms with Crippen molar-refractivity contribution in [1.82, 2.24) is 0 Å². The molecule has 0 saturated heterocycles. The van der Waals surface area contributed by atoms with Crippen molar-refractivity contribution in [2.24, 2.45) is 0 Å². The molecule has 0 aromatic carbocycles. The number of hydrogen-bond acceptors (Lipinski definition) is 6. The molecule has 3 atom stereocenters. The molecule has 0 bridgehead atoms. The summed E-state index contributed by atoms with van der Waals surface area (Å²) in [4.78, 5) is 0. The number of halogens is 9. The van der Waals surface area contributed by atoms with Gasteiger partial charge in [0.25, 0.3) is 0 Å². The molecule has 0 N–H and O–H groups in total. The minimum Gasteiger partial charge on any atom is -0.399 e. The van der Waals surface area contributed by atoms with Gasteiger partial charge in [-0.2, -0.15) is 39.5 Å². The Morgan fingerprint density at radius 2 is 0.739 bits per heavy atom. The summed E-state index contributed by atoms with van der Waals surface area (Å²) in [6.45, 7) is -2.76. The number of rotatable bonds is 6. The van der Waals surface area contributed by atoms with Crippen LogP contribution in [-0.2, 0) is 45.8 Å². The number of alkyl halides is 9. The Hall–Kier alpha value is 0.297. The zero-order valence-electron chi connectivity index (χ0n) is 10.1. The van der Waals surface area contributed by atoms with Crippen LogP contribution in [0.3, 0.4) is 0 Å². The van der Waals surface area contributed by atoms with Crippen molar-refractivity contribution in [2.75, 3.05) is 0 Å². The first-order valence-electron chi connectivity index (χ1n) is 3.93. The van der Waals surface area contributed by atoms with Crippen LogP contribution in [0.2, 0.25) is 0 Å². The van der Waals surface area contributed by atoms with E-state index in [-0.39, 0.29) is 18.9 Å². The summed E-state index contributed by atoms with van der Waals surface area (Å²) >= 11 is -13.6. The van der Waals surface area contributed by atoms with Gasteiger partial charge in [0.2, 0.25) is 33.2 Å². The van der Waals surface area contributed by atoms with Gasteiger partial charge in [0.1, 0.15) is 0 Å². The zero-order valence-corrected chi connectivity index (χ0v) is 12.5. The van der Waals surface area contributed by atoms with E-state index >= 15 is 0 Å². The van der Waals surface area contributed by atoms with Crippen molar-refractivity contribution in [2.45, 2.75) is 16.5 Å². The third-order valence-corrected chi connectivity index (χ3v) is 2.99. The van der Waals surface area contributed by atoms with Crippen molar-refractivity contribution in [3.05, 3.63) is 6.48 Å². The van der Waals surface area contributed by atoms with Crippen molar-refractivity contribution in [1.29, 1.82) is 0 Å². The second kappa shape index (κ2) is 9.12. The van der Waals surface area contributed by atoms with E-state index in [1.165, 1.54) is 0 Å². The standard InChI is InChI=1S/C4F9O6S3.Li/c5-2(6,7)20(14)17-1(18-21(15)3(8,9)10)19-22(16)4(11,12)13;/q-1;+1. The molecule has 23 heavy (non-hydrogen) atoms. The molecule has 0 amide bonds. The van der Waals surface area contributed by atoms with Gasteiger partial charge in [-0.1, -0.05) is 0 Å². The monoisotopic (exact) mass is 418 g/mol. The first-order chi connectivity index (χ1) is 9.55. The maximum Gasteiger partial charge on any atom is 1.00 e. The first kappa shape index (κ1) is 25.5. The summed E-state index contributed by atoms with van der Waals surface area (Å²) in [6.07, 6.45) is 0. The van der Waals surface area contributed by atoms with Crippen LogP contribution in [0.5, 0.6) is 0 Å². The molecule has 19 heteroatoms. The van der Waals surface area contributed by atoms with Crippen LogP contribution in [0.25, 0.3) is 0 Å². The Balaban J connectivity index is 0. The summed E-state index contributed by atoms with van der Waals surface area (Å²) in [7, 11) is 0. The van der Waals surface area contributed by atoms with Gasteiger partial charge < -0.3 is 12.5 Å². The van der Waals surface area contributed by atoms with Gasteiger partial charge in [-0.05, 0) is 0 Å². The van der Waals surface area contributed by atoms with Gasteiger partial charge in [-0.15, -0.1) is 0 Å². The van der Waals surface area contributed by atoms with E-state index in [2.05, 4.69) is 12.5 Å². The van der Waals surface area contributed by atoms with Crippen LogP contribution in [0.4, 0.5) is 39.5 Å². The van der Waals surface area contributed by atoms with Crippen LogP contribution in [0, 0.1) is 6.48 Å². The fourth-order valence-electron chi connectivity index (χ4n) is 0.369. The normalized spacial score (nSPS) is 17.5. The molecule has 0 spiro atoms. The van der Waals surface area contributed by atoms with Crippen LogP contribution >= 0.6 is 0 Å². The van der Waals surface area contributed by atoms with Crippen LogP contribution in [0.15, 0.2) is 0 Å². The van der Waals surface area contributed by atoms with E-state index in [4.69, 9.17) is 0 Å². The zero-order chi connectivity index (χ0) is 17.9. The molecule has 0 rings (SSSR count).